The summed E-state index contributed by atoms with van der Waals surface area (Å²) in [6.45, 7) is 6.67. The zero-order valence-corrected chi connectivity index (χ0v) is 17.8. The number of piperazine rings is 1. The summed E-state index contributed by atoms with van der Waals surface area (Å²) in [5.41, 5.74) is 0.0896. The first-order valence-corrected chi connectivity index (χ1v) is 10.3. The van der Waals surface area contributed by atoms with Gasteiger partial charge in [-0.3, -0.25) is 10.2 Å². The first-order valence-electron chi connectivity index (χ1n) is 10.3. The van der Waals surface area contributed by atoms with Crippen molar-refractivity contribution in [2.45, 2.75) is 52.1 Å². The second kappa shape index (κ2) is 8.93. The Hall–Kier alpha value is -2.77. The Labute approximate surface area is 175 Å². The minimum atomic E-state index is -0.785. The van der Waals surface area contributed by atoms with Crippen LogP contribution in [0.25, 0.3) is 11.3 Å². The number of halogens is 2. The zero-order chi connectivity index (χ0) is 22.0. The number of carbonyl (C=O) groups excluding carboxylic acids is 1. The number of amidine groups is 1. The second-order valence-electron chi connectivity index (χ2n) is 8.24. The molecule has 2 heterocycles. The van der Waals surface area contributed by atoms with E-state index in [2.05, 4.69) is 25.9 Å². The van der Waals surface area contributed by atoms with E-state index < -0.39 is 11.6 Å². The van der Waals surface area contributed by atoms with E-state index in [0.717, 1.165) is 25.0 Å². The average molecular weight is 418 g/mol. The SMILES string of the molecule is CCC[C@H]1CN(C(=O)c2cc(-c3ccc(F)cc3F)on2)[C@@H](CC(C)C)C(=N)N1C. The maximum atomic E-state index is 14.1. The van der Waals surface area contributed by atoms with Gasteiger partial charge in [-0.25, -0.2) is 8.78 Å². The van der Waals surface area contributed by atoms with Crippen molar-refractivity contribution in [1.29, 1.82) is 5.41 Å². The Morgan fingerprint density at radius 1 is 1.33 bits per heavy atom. The highest BCUT2D eigenvalue weighted by Gasteiger charge is 2.39. The summed E-state index contributed by atoms with van der Waals surface area (Å²) >= 11 is 0. The van der Waals surface area contributed by atoms with Gasteiger partial charge in [-0.2, -0.15) is 0 Å². The largest absolute Gasteiger partial charge is 0.357 e. The van der Waals surface area contributed by atoms with Gasteiger partial charge in [-0.1, -0.05) is 32.3 Å². The lowest BCUT2D eigenvalue weighted by Crippen LogP contribution is -2.61. The minimum absolute atomic E-state index is 0.0386. The van der Waals surface area contributed by atoms with Gasteiger partial charge in [0.05, 0.1) is 11.6 Å². The van der Waals surface area contributed by atoms with Crippen molar-refractivity contribution >= 4 is 11.7 Å². The summed E-state index contributed by atoms with van der Waals surface area (Å²) in [7, 11) is 1.91. The van der Waals surface area contributed by atoms with Gasteiger partial charge in [-0.05, 0) is 30.9 Å². The molecule has 0 bridgehead atoms. The van der Waals surface area contributed by atoms with Gasteiger partial charge in [0.2, 0.25) is 0 Å². The Balaban J connectivity index is 1.90. The number of amides is 1. The van der Waals surface area contributed by atoms with Gasteiger partial charge in [-0.15, -0.1) is 0 Å². The van der Waals surface area contributed by atoms with E-state index in [4.69, 9.17) is 9.93 Å². The van der Waals surface area contributed by atoms with E-state index in [0.29, 0.717) is 24.7 Å². The number of nitrogens with zero attached hydrogens (tertiary/aromatic N) is 3. The molecule has 30 heavy (non-hydrogen) atoms. The molecular weight excluding hydrogens is 390 g/mol. The highest BCUT2D eigenvalue weighted by molar-refractivity contribution is 5.98. The lowest BCUT2D eigenvalue weighted by Gasteiger charge is -2.46. The summed E-state index contributed by atoms with van der Waals surface area (Å²) in [4.78, 5) is 17.0. The molecule has 8 heteroatoms. The van der Waals surface area contributed by atoms with Crippen molar-refractivity contribution in [2.75, 3.05) is 13.6 Å². The standard InChI is InChI=1S/C22H28F2N4O2/c1-5-6-15-12-28(19(9-13(2)3)21(25)27(15)4)22(29)18-11-20(30-26-18)16-8-7-14(23)10-17(16)24/h7-8,10-11,13,15,19,25H,5-6,9,12H2,1-4H3/t15-,19-/m0/s1. The Morgan fingerprint density at radius 2 is 2.07 bits per heavy atom. The number of likely N-dealkylation sites (N-methyl/N-ethyl adjacent to an activating group) is 1. The van der Waals surface area contributed by atoms with Crippen molar-refractivity contribution in [3.05, 3.63) is 41.6 Å². The third-order valence-electron chi connectivity index (χ3n) is 5.53. The number of benzene rings is 1. The molecule has 3 rings (SSSR count). The van der Waals surface area contributed by atoms with Crippen LogP contribution in [0.4, 0.5) is 8.78 Å². The monoisotopic (exact) mass is 418 g/mol. The van der Waals surface area contributed by atoms with E-state index in [9.17, 15) is 13.6 Å². The first-order chi connectivity index (χ1) is 14.2. The predicted molar refractivity (Wildman–Crippen MR) is 110 cm³/mol. The molecule has 1 N–H and O–H groups in total. The summed E-state index contributed by atoms with van der Waals surface area (Å²) in [5, 5.41) is 12.5. The number of rotatable bonds is 6. The van der Waals surface area contributed by atoms with Crippen LogP contribution in [0.5, 0.6) is 0 Å². The van der Waals surface area contributed by atoms with E-state index in [1.807, 2.05) is 11.9 Å². The van der Waals surface area contributed by atoms with Crippen LogP contribution in [0.2, 0.25) is 0 Å². The van der Waals surface area contributed by atoms with Crippen molar-refractivity contribution in [2.24, 2.45) is 5.92 Å². The lowest BCUT2D eigenvalue weighted by molar-refractivity contribution is 0.0574. The average Bonchev–Trinajstić information content (AvgIpc) is 3.16. The first kappa shape index (κ1) is 21.9. The highest BCUT2D eigenvalue weighted by Crippen LogP contribution is 2.28. The van der Waals surface area contributed by atoms with Crippen molar-refractivity contribution in [3.8, 4) is 11.3 Å². The topological polar surface area (TPSA) is 73.4 Å². The minimum Gasteiger partial charge on any atom is -0.357 e. The van der Waals surface area contributed by atoms with Crippen LogP contribution in [-0.4, -0.2) is 52.4 Å². The molecule has 1 aromatic heterocycles. The fourth-order valence-electron chi connectivity index (χ4n) is 3.92. The van der Waals surface area contributed by atoms with E-state index in [1.54, 1.807) is 4.90 Å². The second-order valence-corrected chi connectivity index (χ2v) is 8.24. The summed E-state index contributed by atoms with van der Waals surface area (Å²) in [6.07, 6.45) is 2.46. The summed E-state index contributed by atoms with van der Waals surface area (Å²) < 4.78 is 32.5. The molecule has 0 saturated carbocycles. The number of hydrogen-bond donors (Lipinski definition) is 1. The third kappa shape index (κ3) is 4.37. The Kier molecular flexibility index (Phi) is 6.53. The molecule has 1 saturated heterocycles. The van der Waals surface area contributed by atoms with Crippen molar-refractivity contribution in [3.63, 3.8) is 0 Å². The van der Waals surface area contributed by atoms with Crippen LogP contribution in [0, 0.1) is 23.0 Å². The van der Waals surface area contributed by atoms with E-state index in [1.165, 1.54) is 12.1 Å². The molecule has 6 nitrogen and oxygen atoms in total. The lowest BCUT2D eigenvalue weighted by atomic mass is 9.95. The van der Waals surface area contributed by atoms with Gasteiger partial charge in [0.25, 0.3) is 5.91 Å². The van der Waals surface area contributed by atoms with E-state index in [-0.39, 0.29) is 35.0 Å². The number of carbonyl (C=O) groups is 1. The zero-order valence-electron chi connectivity index (χ0n) is 17.8. The number of aromatic nitrogens is 1. The quantitative estimate of drug-likeness (QED) is 0.746. The van der Waals surface area contributed by atoms with Crippen LogP contribution in [0.15, 0.2) is 28.8 Å². The van der Waals surface area contributed by atoms with Crippen molar-refractivity contribution < 1.29 is 18.1 Å². The van der Waals surface area contributed by atoms with E-state index >= 15 is 0 Å². The van der Waals surface area contributed by atoms with Crippen LogP contribution in [0.1, 0.15) is 50.5 Å². The normalized spacial score (nSPS) is 19.6. The smallest absolute Gasteiger partial charge is 0.276 e. The molecule has 1 fully saturated rings. The van der Waals surface area contributed by atoms with Crippen LogP contribution in [0.3, 0.4) is 0 Å². The molecule has 1 aromatic carbocycles. The molecule has 0 unspecified atom stereocenters. The molecule has 0 aliphatic carbocycles. The molecule has 2 aromatic rings. The Bertz CT molecular complexity index is 928. The fraction of sp³-hybridized carbons (Fsp3) is 0.500. The maximum Gasteiger partial charge on any atom is 0.276 e. The maximum absolute atomic E-state index is 14.1. The van der Waals surface area contributed by atoms with Gasteiger partial charge in [0, 0.05) is 31.8 Å². The van der Waals surface area contributed by atoms with Crippen LogP contribution < -0.4 is 0 Å². The third-order valence-corrected chi connectivity index (χ3v) is 5.53. The highest BCUT2D eigenvalue weighted by atomic mass is 19.1. The van der Waals surface area contributed by atoms with Gasteiger partial charge < -0.3 is 14.3 Å². The molecule has 162 valence electrons. The molecular formula is C22H28F2N4O2. The molecule has 1 aliphatic rings. The van der Waals surface area contributed by atoms with Crippen molar-refractivity contribution in [1.82, 2.24) is 15.0 Å². The molecule has 0 radical (unpaired) electrons. The number of nitrogens with one attached hydrogen (secondary N) is 1. The fourth-order valence-corrected chi connectivity index (χ4v) is 3.92. The number of hydrogen-bond acceptors (Lipinski definition) is 4. The Morgan fingerprint density at radius 3 is 2.70 bits per heavy atom. The van der Waals surface area contributed by atoms with Gasteiger partial charge in [0.15, 0.2) is 11.5 Å². The van der Waals surface area contributed by atoms with Crippen LogP contribution >= 0.6 is 0 Å². The molecule has 1 aliphatic heterocycles. The molecule has 2 atom stereocenters. The van der Waals surface area contributed by atoms with Crippen LogP contribution in [-0.2, 0) is 0 Å². The molecule has 0 spiro atoms. The summed E-state index contributed by atoms with van der Waals surface area (Å²) in [5.74, 6) is -1.06. The van der Waals surface area contributed by atoms with Gasteiger partial charge >= 0.3 is 0 Å². The molecule has 1 amide bonds. The summed E-state index contributed by atoms with van der Waals surface area (Å²) in [6, 6.07) is 4.20. The van der Waals surface area contributed by atoms with Gasteiger partial charge in [0.1, 0.15) is 17.5 Å². The predicted octanol–water partition coefficient (Wildman–Crippen LogP) is 4.57.